The van der Waals surface area contributed by atoms with E-state index in [2.05, 4.69) is 85.0 Å². The molecule has 0 aliphatic carbocycles. The molecule has 74 heavy (non-hydrogen) atoms. The van der Waals surface area contributed by atoms with E-state index in [9.17, 15) is 10.5 Å². The minimum Gasteiger partial charge on any atom is -0.463 e. The van der Waals surface area contributed by atoms with E-state index in [0.29, 0.717) is 71.3 Å². The van der Waals surface area contributed by atoms with Crippen LogP contribution in [0.1, 0.15) is 101 Å². The second-order valence-corrected chi connectivity index (χ2v) is 35.3. The Morgan fingerprint density at radius 1 is 0.554 bits per heavy atom. The van der Waals surface area contributed by atoms with Gasteiger partial charge in [-0.25, -0.2) is 0 Å². The summed E-state index contributed by atoms with van der Waals surface area (Å²) in [5.74, 6) is 0.666. The summed E-state index contributed by atoms with van der Waals surface area (Å²) < 4.78 is 38.1. The van der Waals surface area contributed by atoms with E-state index in [-0.39, 0.29) is 25.5 Å². The maximum absolute atomic E-state index is 10.2. The first-order valence-electron chi connectivity index (χ1n) is 27.7. The van der Waals surface area contributed by atoms with E-state index < -0.39 is 16.1 Å². The Labute approximate surface area is 442 Å². The number of nitrogens with two attached hydrogens (primary N) is 2. The number of likely N-dealkylation sites (tertiary alicyclic amines) is 2. The van der Waals surface area contributed by atoms with Crippen LogP contribution in [0.5, 0.6) is 12.0 Å². The van der Waals surface area contributed by atoms with Crippen molar-refractivity contribution in [2.45, 2.75) is 156 Å². The molecule has 0 bridgehead atoms. The molecule has 4 saturated heterocycles. The number of hydrogen-bond acceptors (Lipinski definition) is 16. The number of aryl methyl sites for hydroxylation is 2. The molecule has 18 nitrogen and oxygen atoms in total. The molecule has 2 spiro atoms. The van der Waals surface area contributed by atoms with E-state index in [4.69, 9.17) is 49.9 Å². The lowest BCUT2D eigenvalue weighted by molar-refractivity contribution is -0.188. The van der Waals surface area contributed by atoms with Crippen molar-refractivity contribution in [2.75, 3.05) is 104 Å². The van der Waals surface area contributed by atoms with Gasteiger partial charge in [-0.3, -0.25) is 0 Å². The van der Waals surface area contributed by atoms with Crippen LogP contribution in [0.4, 0.5) is 11.6 Å². The molecule has 8 rings (SSSR count). The predicted octanol–water partition coefficient (Wildman–Crippen LogP) is 8.84. The van der Waals surface area contributed by atoms with Gasteiger partial charge in [0.05, 0.1) is 39.6 Å². The number of unbranched alkanes of at least 4 members (excludes halogenated alkanes) is 6. The number of nitrogen functional groups attached to an aromatic ring is 2. The van der Waals surface area contributed by atoms with Crippen molar-refractivity contribution in [3.63, 3.8) is 0 Å². The molecule has 408 valence electrons. The lowest BCUT2D eigenvalue weighted by Gasteiger charge is -2.55. The molecule has 8 heterocycles. The van der Waals surface area contributed by atoms with E-state index in [1.165, 1.54) is 26.2 Å². The van der Waals surface area contributed by atoms with Crippen LogP contribution in [0.25, 0.3) is 22.1 Å². The van der Waals surface area contributed by atoms with Gasteiger partial charge in [-0.15, -0.1) is 0 Å². The molecule has 4 aromatic rings. The number of rotatable bonds is 30. The number of fused-ring (bicyclic) bond motifs is 2. The van der Waals surface area contributed by atoms with Crippen molar-refractivity contribution in [2.24, 2.45) is 10.8 Å². The highest BCUT2D eigenvalue weighted by molar-refractivity contribution is 6.76. The highest BCUT2D eigenvalue weighted by Crippen LogP contribution is 2.39. The normalized spacial score (nSPS) is 17.1. The van der Waals surface area contributed by atoms with Crippen molar-refractivity contribution in [1.82, 2.24) is 38.9 Å². The van der Waals surface area contributed by atoms with E-state index >= 15 is 0 Å². The molecule has 4 N–H and O–H groups in total. The van der Waals surface area contributed by atoms with Crippen molar-refractivity contribution in [1.29, 1.82) is 10.5 Å². The lowest BCUT2D eigenvalue weighted by atomic mass is 9.78. The Hall–Kier alpha value is -4.39. The second kappa shape index (κ2) is 26.1. The predicted molar refractivity (Wildman–Crippen MR) is 297 cm³/mol. The summed E-state index contributed by atoms with van der Waals surface area (Å²) in [7, 11) is -2.43. The summed E-state index contributed by atoms with van der Waals surface area (Å²) in [4.78, 5) is 23.3. The fraction of sp³-hybridized carbons (Fsp3) is 0.741. The molecular weight excluding hydrogens is 969 g/mol. The van der Waals surface area contributed by atoms with Gasteiger partial charge < -0.3 is 58.8 Å². The smallest absolute Gasteiger partial charge is 0.319 e. The Balaban J connectivity index is 0.000000216. The van der Waals surface area contributed by atoms with Gasteiger partial charge in [-0.2, -0.15) is 30.5 Å². The summed E-state index contributed by atoms with van der Waals surface area (Å²) in [6.45, 7) is 31.8. The highest BCUT2D eigenvalue weighted by atomic mass is 28.3. The van der Waals surface area contributed by atoms with Crippen LogP contribution in [-0.2, 0) is 45.3 Å². The van der Waals surface area contributed by atoms with E-state index in [1.807, 2.05) is 9.13 Å². The Bertz CT molecular complexity index is 2360. The largest absolute Gasteiger partial charge is 0.463 e. The standard InChI is InChI=1S/2C27H44N6O3Si/c2*1-5-6-12-36-26-30-23-21(10-8-7-9-11-32-16-27(17-32)18-35-19-27)22(15-28)33(24(23)25(29)31-26)20-34-13-14-37(2,3)4/h2*5-14,16-20H2,1-4H3,(H2,29,30,31). The first kappa shape index (κ1) is 57.3. The summed E-state index contributed by atoms with van der Waals surface area (Å²) in [6, 6.07) is 7.53. The third-order valence-electron chi connectivity index (χ3n) is 14.8. The third-order valence-corrected chi connectivity index (χ3v) is 18.2. The number of nitriles is 2. The fourth-order valence-electron chi connectivity index (χ4n) is 10.3. The zero-order valence-corrected chi connectivity index (χ0v) is 48.3. The molecule has 0 saturated carbocycles. The minimum absolute atomic E-state index is 0.272. The summed E-state index contributed by atoms with van der Waals surface area (Å²) in [5.41, 5.74) is 19.6. The zero-order valence-electron chi connectivity index (χ0n) is 46.3. The third kappa shape index (κ3) is 15.0. The quantitative estimate of drug-likeness (QED) is 0.0368. The van der Waals surface area contributed by atoms with Gasteiger partial charge in [0.2, 0.25) is 0 Å². The Morgan fingerprint density at radius 3 is 1.27 bits per heavy atom. The van der Waals surface area contributed by atoms with E-state index in [0.717, 1.165) is 151 Å². The van der Waals surface area contributed by atoms with Crippen molar-refractivity contribution < 1.29 is 28.4 Å². The average molecular weight is 1060 g/mol. The number of hydrogen-bond donors (Lipinski definition) is 2. The molecule has 0 aromatic carbocycles. The molecule has 4 fully saturated rings. The number of aromatic nitrogens is 6. The van der Waals surface area contributed by atoms with Crippen molar-refractivity contribution in [3.05, 3.63) is 22.5 Å². The van der Waals surface area contributed by atoms with Crippen molar-refractivity contribution >= 4 is 49.9 Å². The maximum atomic E-state index is 10.2. The van der Waals surface area contributed by atoms with Crippen LogP contribution < -0.4 is 20.9 Å². The van der Waals surface area contributed by atoms with Gasteiger partial charge in [-0.05, 0) is 76.5 Å². The lowest BCUT2D eigenvalue weighted by Crippen LogP contribution is -2.65. The van der Waals surface area contributed by atoms with Crippen LogP contribution in [0.2, 0.25) is 51.4 Å². The Morgan fingerprint density at radius 2 is 0.946 bits per heavy atom. The van der Waals surface area contributed by atoms with Crippen LogP contribution in [0, 0.1) is 33.5 Å². The zero-order chi connectivity index (χ0) is 52.9. The molecule has 20 heteroatoms. The van der Waals surface area contributed by atoms with Gasteiger partial charge >= 0.3 is 12.0 Å². The second-order valence-electron chi connectivity index (χ2n) is 24.0. The molecule has 0 amide bonds. The highest BCUT2D eigenvalue weighted by Gasteiger charge is 2.49. The van der Waals surface area contributed by atoms with Crippen LogP contribution in [0.3, 0.4) is 0 Å². The van der Waals surface area contributed by atoms with Gasteiger partial charge in [0.25, 0.3) is 0 Å². The molecule has 4 aliphatic heterocycles. The van der Waals surface area contributed by atoms with Gasteiger partial charge in [0.1, 0.15) is 59.1 Å². The number of anilines is 2. The van der Waals surface area contributed by atoms with Gasteiger partial charge in [0, 0.05) is 77.5 Å². The molecule has 4 aliphatic rings. The van der Waals surface area contributed by atoms with Crippen LogP contribution >= 0.6 is 0 Å². The molecule has 0 radical (unpaired) electrons. The molecule has 0 atom stereocenters. The maximum Gasteiger partial charge on any atom is 0.319 e. The minimum atomic E-state index is -1.21. The van der Waals surface area contributed by atoms with E-state index in [1.54, 1.807) is 0 Å². The topological polar surface area (TPSA) is 223 Å². The fourth-order valence-corrected chi connectivity index (χ4v) is 11.8. The molecule has 0 unspecified atom stereocenters. The monoisotopic (exact) mass is 1060 g/mol. The summed E-state index contributed by atoms with van der Waals surface area (Å²) in [6.07, 6.45) is 11.9. The van der Waals surface area contributed by atoms with Gasteiger partial charge in [0.15, 0.2) is 11.6 Å². The summed E-state index contributed by atoms with van der Waals surface area (Å²) >= 11 is 0. The van der Waals surface area contributed by atoms with Crippen LogP contribution in [0.15, 0.2) is 0 Å². The first-order chi connectivity index (χ1) is 35.5. The van der Waals surface area contributed by atoms with Gasteiger partial charge in [-0.1, -0.05) is 78.8 Å². The SMILES string of the molecule is CCCCOc1nc(N)c2c(n1)c(CCCCCN1CC3(COC3)C1)c(C#N)n2COCC[Si](C)(C)C.CCCCOc1nc(N)c2c(n1)c(CCCCCN1CC3(COC3)C1)c(C#N)n2COCC[Si](C)(C)C. The van der Waals surface area contributed by atoms with Crippen LogP contribution in [-0.4, -0.2) is 147 Å². The summed E-state index contributed by atoms with van der Waals surface area (Å²) in [5, 5.41) is 20.3. The average Bonchev–Trinajstić information content (AvgIpc) is 3.76. The number of ether oxygens (including phenoxy) is 6. The number of nitrogens with zero attached hydrogens (tertiary/aromatic N) is 10. The molecule has 4 aromatic heterocycles. The Kier molecular flexibility index (Phi) is 20.2. The van der Waals surface area contributed by atoms with Crippen molar-refractivity contribution in [3.8, 4) is 24.2 Å². The first-order valence-corrected chi connectivity index (χ1v) is 35.1. The molecular formula is C54H88N12O6Si2.